The first-order valence-electron chi connectivity index (χ1n) is 18.3. The Bertz CT molecular complexity index is 3110. The van der Waals surface area contributed by atoms with Crippen LogP contribution in [0.4, 0.5) is 0 Å². The van der Waals surface area contributed by atoms with Gasteiger partial charge in [0.15, 0.2) is 0 Å². The summed E-state index contributed by atoms with van der Waals surface area (Å²) in [7, 11) is 0. The maximum absolute atomic E-state index is 5.31. The Labute approximate surface area is 306 Å². The van der Waals surface area contributed by atoms with Crippen LogP contribution < -0.4 is 0 Å². The van der Waals surface area contributed by atoms with Crippen molar-refractivity contribution in [1.82, 2.24) is 14.1 Å². The van der Waals surface area contributed by atoms with E-state index in [-0.39, 0.29) is 0 Å². The minimum Gasteiger partial charge on any atom is -0.309 e. The van der Waals surface area contributed by atoms with E-state index in [0.29, 0.717) is 0 Å². The second-order valence-electron chi connectivity index (χ2n) is 14.3. The Morgan fingerprint density at radius 1 is 0.358 bits per heavy atom. The maximum atomic E-state index is 5.31. The first-order valence-corrected chi connectivity index (χ1v) is 18.3. The number of aromatic nitrogens is 3. The average Bonchev–Trinajstić information content (AvgIpc) is 3.94. The predicted molar refractivity (Wildman–Crippen MR) is 217 cm³/mol. The lowest BCUT2D eigenvalue weighted by molar-refractivity contribution is 0.794. The number of nitrogens with zero attached hydrogens (tertiary/aromatic N) is 3. The Morgan fingerprint density at radius 2 is 0.925 bits per heavy atom. The fourth-order valence-corrected chi connectivity index (χ4v) is 9.65. The van der Waals surface area contributed by atoms with Crippen LogP contribution in [0.25, 0.3) is 77.9 Å². The van der Waals surface area contributed by atoms with Crippen molar-refractivity contribution in [3.63, 3.8) is 0 Å². The summed E-state index contributed by atoms with van der Waals surface area (Å²) in [6, 6.07) is 68.9. The molecule has 1 atom stereocenters. The zero-order valence-electron chi connectivity index (χ0n) is 28.7. The first-order chi connectivity index (χ1) is 26.3. The normalized spacial score (nSPS) is 15.2. The molecule has 2 heterocycles. The highest BCUT2D eigenvalue weighted by molar-refractivity contribution is 6.12. The van der Waals surface area contributed by atoms with Gasteiger partial charge in [0.1, 0.15) is 5.82 Å². The minimum atomic E-state index is -0.510. The number of hydrogen-bond acceptors (Lipinski definition) is 1. The highest BCUT2D eigenvalue weighted by Gasteiger charge is 2.52. The SMILES string of the molecule is c1ccc(-n2c(-c3ccc4c(c3)C3(c5ccccc5-4)c4ccccc4-c4cc5c6ccccc6n(-c6ccccc6)c5cc43)nc3ccccc32)cc1. The average molecular weight is 674 g/mol. The van der Waals surface area contributed by atoms with Crippen molar-refractivity contribution < 1.29 is 0 Å². The third-order valence-electron chi connectivity index (χ3n) is 11.7. The van der Waals surface area contributed by atoms with Gasteiger partial charge in [-0.15, -0.1) is 0 Å². The molecule has 2 aliphatic rings. The van der Waals surface area contributed by atoms with Crippen molar-refractivity contribution in [2.45, 2.75) is 5.41 Å². The van der Waals surface area contributed by atoms with Gasteiger partial charge >= 0.3 is 0 Å². The lowest BCUT2D eigenvalue weighted by Crippen LogP contribution is -2.26. The van der Waals surface area contributed by atoms with Crippen molar-refractivity contribution in [2.75, 3.05) is 0 Å². The highest BCUT2D eigenvalue weighted by Crippen LogP contribution is 2.63. The first kappa shape index (κ1) is 28.7. The molecule has 0 saturated heterocycles. The van der Waals surface area contributed by atoms with Crippen LogP contribution in [0.15, 0.2) is 188 Å². The molecule has 8 aromatic carbocycles. The minimum absolute atomic E-state index is 0.510. The van der Waals surface area contributed by atoms with Gasteiger partial charge in [-0.1, -0.05) is 127 Å². The molecule has 2 aliphatic carbocycles. The lowest BCUT2D eigenvalue weighted by Gasteiger charge is -2.31. The van der Waals surface area contributed by atoms with Crippen molar-refractivity contribution in [3.8, 4) is 45.0 Å². The van der Waals surface area contributed by atoms with Gasteiger partial charge < -0.3 is 4.57 Å². The number of fused-ring (bicyclic) bond motifs is 14. The Hall–Kier alpha value is -6.97. The smallest absolute Gasteiger partial charge is 0.145 e. The van der Waals surface area contributed by atoms with Gasteiger partial charge in [-0.3, -0.25) is 4.57 Å². The van der Waals surface area contributed by atoms with Crippen LogP contribution in [0.5, 0.6) is 0 Å². The molecule has 3 nitrogen and oxygen atoms in total. The fourth-order valence-electron chi connectivity index (χ4n) is 9.65. The summed E-state index contributed by atoms with van der Waals surface area (Å²) < 4.78 is 4.76. The van der Waals surface area contributed by atoms with Crippen molar-refractivity contribution in [1.29, 1.82) is 0 Å². The second kappa shape index (κ2) is 10.5. The summed E-state index contributed by atoms with van der Waals surface area (Å²) in [5, 5.41) is 2.54. The molecule has 3 heteroatoms. The molecule has 2 aromatic heterocycles. The van der Waals surface area contributed by atoms with Gasteiger partial charge in [-0.05, 0) is 105 Å². The van der Waals surface area contributed by atoms with Crippen molar-refractivity contribution >= 4 is 32.8 Å². The predicted octanol–water partition coefficient (Wildman–Crippen LogP) is 12.1. The molecular weight excluding hydrogens is 643 g/mol. The zero-order chi connectivity index (χ0) is 34.7. The number of benzene rings is 8. The fraction of sp³-hybridized carbons (Fsp3) is 0.0200. The standard InChI is InChI=1S/C50H31N3/c1-3-15-33(16-4-1)52-46-25-13-9-21-38(46)40-30-39-36-20-8-11-23-42(36)50(44(39)31-48(40)52)41-22-10-7-19-35(41)37-28-27-32(29-43(37)50)49-51-45-24-12-14-26-47(45)53(49)34-17-5-2-6-18-34/h1-31H. The van der Waals surface area contributed by atoms with E-state index in [4.69, 9.17) is 4.98 Å². The Balaban J connectivity index is 1.20. The summed E-state index contributed by atoms with van der Waals surface area (Å²) in [5.41, 5.74) is 17.8. The van der Waals surface area contributed by atoms with Crippen LogP contribution in [0, 0.1) is 0 Å². The molecule has 0 aliphatic heterocycles. The third kappa shape index (κ3) is 3.70. The van der Waals surface area contributed by atoms with E-state index in [2.05, 4.69) is 197 Å². The molecule has 0 bridgehead atoms. The molecule has 246 valence electrons. The summed E-state index contributed by atoms with van der Waals surface area (Å²) in [6.45, 7) is 0. The van der Waals surface area contributed by atoms with E-state index < -0.39 is 5.41 Å². The highest BCUT2D eigenvalue weighted by atomic mass is 15.1. The maximum Gasteiger partial charge on any atom is 0.145 e. The molecule has 10 aromatic rings. The van der Waals surface area contributed by atoms with Crippen molar-refractivity contribution in [3.05, 3.63) is 210 Å². The van der Waals surface area contributed by atoms with Gasteiger partial charge in [-0.2, -0.15) is 0 Å². The third-order valence-corrected chi connectivity index (χ3v) is 11.7. The van der Waals surface area contributed by atoms with Crippen LogP contribution in [0.1, 0.15) is 22.3 Å². The molecule has 0 N–H and O–H groups in total. The van der Waals surface area contributed by atoms with Gasteiger partial charge in [0, 0.05) is 27.7 Å². The van der Waals surface area contributed by atoms with E-state index in [0.717, 1.165) is 33.8 Å². The quantitative estimate of drug-likeness (QED) is 0.183. The zero-order valence-corrected chi connectivity index (χ0v) is 28.7. The van der Waals surface area contributed by atoms with Gasteiger partial charge in [0.25, 0.3) is 0 Å². The van der Waals surface area contributed by atoms with Gasteiger partial charge in [-0.25, -0.2) is 4.98 Å². The summed E-state index contributed by atoms with van der Waals surface area (Å²) in [4.78, 5) is 5.31. The molecule has 53 heavy (non-hydrogen) atoms. The van der Waals surface area contributed by atoms with E-state index in [1.807, 2.05) is 0 Å². The van der Waals surface area contributed by atoms with Gasteiger partial charge in [0.05, 0.1) is 27.5 Å². The van der Waals surface area contributed by atoms with E-state index in [1.165, 1.54) is 66.3 Å². The number of para-hydroxylation sites is 5. The van der Waals surface area contributed by atoms with Crippen LogP contribution in [0.2, 0.25) is 0 Å². The van der Waals surface area contributed by atoms with Crippen LogP contribution >= 0.6 is 0 Å². The second-order valence-corrected chi connectivity index (χ2v) is 14.3. The topological polar surface area (TPSA) is 22.8 Å². The molecule has 1 spiro atoms. The lowest BCUT2D eigenvalue weighted by atomic mass is 9.70. The van der Waals surface area contributed by atoms with Gasteiger partial charge in [0.2, 0.25) is 0 Å². The van der Waals surface area contributed by atoms with Crippen LogP contribution in [-0.4, -0.2) is 14.1 Å². The molecule has 0 radical (unpaired) electrons. The molecular formula is C50H31N3. The molecule has 1 unspecified atom stereocenters. The van der Waals surface area contributed by atoms with Crippen LogP contribution in [0.3, 0.4) is 0 Å². The summed E-state index contributed by atoms with van der Waals surface area (Å²) in [5.74, 6) is 0.942. The molecule has 12 rings (SSSR count). The number of imidazole rings is 1. The summed E-state index contributed by atoms with van der Waals surface area (Å²) >= 11 is 0. The number of hydrogen-bond donors (Lipinski definition) is 0. The summed E-state index contributed by atoms with van der Waals surface area (Å²) in [6.07, 6.45) is 0. The molecule has 0 fully saturated rings. The van der Waals surface area contributed by atoms with E-state index >= 15 is 0 Å². The molecule has 0 saturated carbocycles. The molecule has 0 amide bonds. The van der Waals surface area contributed by atoms with Crippen molar-refractivity contribution in [2.24, 2.45) is 0 Å². The van der Waals surface area contributed by atoms with E-state index in [9.17, 15) is 0 Å². The largest absolute Gasteiger partial charge is 0.309 e. The Morgan fingerprint density at radius 3 is 1.68 bits per heavy atom. The monoisotopic (exact) mass is 673 g/mol. The Kier molecular flexibility index (Phi) is 5.70. The number of rotatable bonds is 3. The van der Waals surface area contributed by atoms with E-state index in [1.54, 1.807) is 0 Å². The van der Waals surface area contributed by atoms with Crippen LogP contribution in [-0.2, 0) is 5.41 Å².